The van der Waals surface area contributed by atoms with Gasteiger partial charge in [-0.3, -0.25) is 0 Å². The quantitative estimate of drug-likeness (QED) is 0.728. The molecule has 0 saturated heterocycles. The van der Waals surface area contributed by atoms with E-state index in [1.54, 1.807) is 0 Å². The van der Waals surface area contributed by atoms with Crippen LogP contribution in [0.4, 0.5) is 0 Å². The molecule has 1 aliphatic heterocycles. The molecule has 1 N–H and O–H groups in total. The first kappa shape index (κ1) is 11.5. The standard InChI is InChI=1S/C14H20O2/c1-8-6-9(2)11-7-12(15)14(4,5)16-13(11)10(8)3/h6,12,15H,7H2,1-5H3. The van der Waals surface area contributed by atoms with Crippen LogP contribution in [0.15, 0.2) is 6.07 Å². The van der Waals surface area contributed by atoms with Crippen LogP contribution in [0.2, 0.25) is 0 Å². The van der Waals surface area contributed by atoms with Gasteiger partial charge in [-0.25, -0.2) is 0 Å². The molecule has 0 fully saturated rings. The van der Waals surface area contributed by atoms with E-state index in [4.69, 9.17) is 4.74 Å². The van der Waals surface area contributed by atoms with Gasteiger partial charge in [0.05, 0.1) is 6.10 Å². The van der Waals surface area contributed by atoms with Crippen molar-refractivity contribution in [2.24, 2.45) is 0 Å². The highest BCUT2D eigenvalue weighted by atomic mass is 16.5. The van der Waals surface area contributed by atoms with E-state index in [1.807, 2.05) is 13.8 Å². The maximum atomic E-state index is 10.0. The summed E-state index contributed by atoms with van der Waals surface area (Å²) in [5.41, 5.74) is 4.34. The molecular formula is C14H20O2. The molecule has 0 saturated carbocycles. The summed E-state index contributed by atoms with van der Waals surface area (Å²) in [6.07, 6.45) is 0.260. The maximum absolute atomic E-state index is 10.0. The lowest BCUT2D eigenvalue weighted by molar-refractivity contribution is -0.0417. The summed E-state index contributed by atoms with van der Waals surface area (Å²) in [5, 5.41) is 10.0. The summed E-state index contributed by atoms with van der Waals surface area (Å²) in [6.45, 7) is 10.2. The number of aliphatic hydroxyl groups is 1. The van der Waals surface area contributed by atoms with Crippen LogP contribution in [0.5, 0.6) is 5.75 Å². The summed E-state index contributed by atoms with van der Waals surface area (Å²) < 4.78 is 5.97. The molecule has 88 valence electrons. The average molecular weight is 220 g/mol. The van der Waals surface area contributed by atoms with E-state index in [2.05, 4.69) is 26.8 Å². The Kier molecular flexibility index (Phi) is 2.50. The predicted molar refractivity (Wildman–Crippen MR) is 65.1 cm³/mol. The van der Waals surface area contributed by atoms with Crippen LogP contribution in [0.3, 0.4) is 0 Å². The molecule has 1 atom stereocenters. The van der Waals surface area contributed by atoms with Crippen molar-refractivity contribution in [3.05, 3.63) is 28.3 Å². The van der Waals surface area contributed by atoms with Gasteiger partial charge in [0, 0.05) is 12.0 Å². The third kappa shape index (κ3) is 1.61. The zero-order chi connectivity index (χ0) is 12.1. The van der Waals surface area contributed by atoms with Gasteiger partial charge in [0.2, 0.25) is 0 Å². The molecule has 0 bridgehead atoms. The monoisotopic (exact) mass is 220 g/mol. The summed E-state index contributed by atoms with van der Waals surface area (Å²) in [6, 6.07) is 2.17. The van der Waals surface area contributed by atoms with Crippen LogP contribution in [-0.4, -0.2) is 16.8 Å². The van der Waals surface area contributed by atoms with Crippen molar-refractivity contribution in [1.82, 2.24) is 0 Å². The van der Waals surface area contributed by atoms with Gasteiger partial charge >= 0.3 is 0 Å². The number of hydrogen-bond acceptors (Lipinski definition) is 2. The normalized spacial score (nSPS) is 22.5. The van der Waals surface area contributed by atoms with Crippen LogP contribution in [0.25, 0.3) is 0 Å². The van der Waals surface area contributed by atoms with Gasteiger partial charge in [-0.15, -0.1) is 0 Å². The molecular weight excluding hydrogens is 200 g/mol. The third-order valence-corrected chi connectivity index (χ3v) is 3.68. The van der Waals surface area contributed by atoms with Crippen molar-refractivity contribution in [2.45, 2.75) is 52.7 Å². The molecule has 1 unspecified atom stereocenters. The highest BCUT2D eigenvalue weighted by Crippen LogP contribution is 2.38. The molecule has 1 aromatic carbocycles. The number of aryl methyl sites for hydroxylation is 2. The van der Waals surface area contributed by atoms with Crippen LogP contribution in [-0.2, 0) is 6.42 Å². The topological polar surface area (TPSA) is 29.5 Å². The van der Waals surface area contributed by atoms with E-state index < -0.39 is 11.7 Å². The Morgan fingerprint density at radius 3 is 2.50 bits per heavy atom. The van der Waals surface area contributed by atoms with E-state index in [1.165, 1.54) is 16.7 Å². The van der Waals surface area contributed by atoms with Gasteiger partial charge in [-0.05, 0) is 51.3 Å². The van der Waals surface area contributed by atoms with Gasteiger partial charge < -0.3 is 9.84 Å². The van der Waals surface area contributed by atoms with Crippen molar-refractivity contribution in [2.75, 3.05) is 0 Å². The van der Waals surface area contributed by atoms with Crippen molar-refractivity contribution in [3.63, 3.8) is 0 Å². The Morgan fingerprint density at radius 2 is 1.88 bits per heavy atom. The Hall–Kier alpha value is -1.02. The molecule has 16 heavy (non-hydrogen) atoms. The SMILES string of the molecule is Cc1cc(C)c2c(c1C)OC(C)(C)C(O)C2. The molecule has 2 rings (SSSR count). The summed E-state index contributed by atoms with van der Waals surface area (Å²) in [4.78, 5) is 0. The average Bonchev–Trinajstić information content (AvgIpc) is 2.18. The second-order valence-corrected chi connectivity index (χ2v) is 5.37. The molecule has 2 heteroatoms. The third-order valence-electron chi connectivity index (χ3n) is 3.68. The molecule has 1 aromatic rings. The fourth-order valence-corrected chi connectivity index (χ4v) is 2.27. The number of aliphatic hydroxyl groups excluding tert-OH is 1. The van der Waals surface area contributed by atoms with E-state index in [-0.39, 0.29) is 0 Å². The highest BCUT2D eigenvalue weighted by Gasteiger charge is 2.37. The molecule has 0 amide bonds. The summed E-state index contributed by atoms with van der Waals surface area (Å²) in [5.74, 6) is 0.979. The van der Waals surface area contributed by atoms with Gasteiger partial charge in [-0.1, -0.05) is 6.07 Å². The summed E-state index contributed by atoms with van der Waals surface area (Å²) in [7, 11) is 0. The number of rotatable bonds is 0. The lowest BCUT2D eigenvalue weighted by Crippen LogP contribution is -2.46. The lowest BCUT2D eigenvalue weighted by atomic mass is 9.86. The molecule has 0 spiro atoms. The minimum atomic E-state index is -0.488. The number of hydrogen-bond donors (Lipinski definition) is 1. The first-order valence-electron chi connectivity index (χ1n) is 5.79. The van der Waals surface area contributed by atoms with Crippen molar-refractivity contribution >= 4 is 0 Å². The second kappa shape index (κ2) is 3.49. The first-order chi connectivity index (χ1) is 7.33. The van der Waals surface area contributed by atoms with Crippen LogP contribution < -0.4 is 4.74 Å². The van der Waals surface area contributed by atoms with Crippen molar-refractivity contribution < 1.29 is 9.84 Å². The largest absolute Gasteiger partial charge is 0.485 e. The number of fused-ring (bicyclic) bond motifs is 1. The number of ether oxygens (including phenoxy) is 1. The fourth-order valence-electron chi connectivity index (χ4n) is 2.27. The number of benzene rings is 1. The molecule has 2 nitrogen and oxygen atoms in total. The fraction of sp³-hybridized carbons (Fsp3) is 0.571. The van der Waals surface area contributed by atoms with Gasteiger partial charge in [-0.2, -0.15) is 0 Å². The minimum absolute atomic E-state index is 0.430. The van der Waals surface area contributed by atoms with E-state index >= 15 is 0 Å². The molecule has 1 aliphatic rings. The van der Waals surface area contributed by atoms with E-state index in [9.17, 15) is 5.11 Å². The van der Waals surface area contributed by atoms with Gasteiger partial charge in [0.25, 0.3) is 0 Å². The lowest BCUT2D eigenvalue weighted by Gasteiger charge is -2.38. The van der Waals surface area contributed by atoms with E-state index in [0.29, 0.717) is 6.42 Å². The predicted octanol–water partition coefficient (Wildman–Crippen LogP) is 2.69. The smallest absolute Gasteiger partial charge is 0.129 e. The minimum Gasteiger partial charge on any atom is -0.485 e. The van der Waals surface area contributed by atoms with E-state index in [0.717, 1.165) is 11.3 Å². The zero-order valence-corrected chi connectivity index (χ0v) is 10.7. The Balaban J connectivity index is 2.60. The second-order valence-electron chi connectivity index (χ2n) is 5.37. The van der Waals surface area contributed by atoms with Gasteiger partial charge in [0.15, 0.2) is 0 Å². The maximum Gasteiger partial charge on any atom is 0.129 e. The summed E-state index contributed by atoms with van der Waals surface area (Å²) >= 11 is 0. The molecule has 0 aliphatic carbocycles. The molecule has 1 heterocycles. The highest BCUT2D eigenvalue weighted by molar-refractivity contribution is 5.51. The molecule has 0 aromatic heterocycles. The molecule has 0 radical (unpaired) electrons. The van der Waals surface area contributed by atoms with Crippen LogP contribution in [0, 0.1) is 20.8 Å². The van der Waals surface area contributed by atoms with Crippen LogP contribution in [0.1, 0.15) is 36.1 Å². The van der Waals surface area contributed by atoms with Crippen molar-refractivity contribution in [3.8, 4) is 5.75 Å². The zero-order valence-electron chi connectivity index (χ0n) is 10.7. The first-order valence-corrected chi connectivity index (χ1v) is 5.79. The van der Waals surface area contributed by atoms with Gasteiger partial charge in [0.1, 0.15) is 11.4 Å². The Labute approximate surface area is 97.3 Å². The Morgan fingerprint density at radius 1 is 1.25 bits per heavy atom. The van der Waals surface area contributed by atoms with Crippen molar-refractivity contribution in [1.29, 1.82) is 0 Å². The Bertz CT molecular complexity index is 433. The van der Waals surface area contributed by atoms with Crippen LogP contribution >= 0.6 is 0 Å².